The highest BCUT2D eigenvalue weighted by atomic mass is 127. The molecule has 8 heteroatoms. The summed E-state index contributed by atoms with van der Waals surface area (Å²) in [5, 5.41) is 8.28. The quantitative estimate of drug-likeness (QED) is 0.245. The number of likely N-dealkylation sites (tertiary alicyclic amines) is 1. The molecule has 2 unspecified atom stereocenters. The summed E-state index contributed by atoms with van der Waals surface area (Å²) in [6, 6.07) is 0.963. The minimum atomic E-state index is -0.206. The third-order valence-corrected chi connectivity index (χ3v) is 5.74. The molecule has 1 saturated heterocycles. The average molecular weight is 494 g/mol. The van der Waals surface area contributed by atoms with E-state index in [-0.39, 0.29) is 29.7 Å². The number of hydrogen-bond donors (Lipinski definition) is 3. The molecule has 0 aromatic rings. The van der Waals surface area contributed by atoms with Crippen molar-refractivity contribution in [2.45, 2.75) is 77.4 Å². The van der Waals surface area contributed by atoms with Crippen molar-refractivity contribution in [1.82, 2.24) is 20.9 Å². The molecule has 1 aliphatic heterocycles. The standard InChI is InChI=1S/C19H35IN4O3/c1-14-6-5-7-15(2)24(14)19(3,4)12-17(26)21-9-8-16(25)22-10-11-23-18(27)13-20/h14-15H,5-13H2,1-4H3,(H,21,26)(H,22,25)(H,23,27). The molecule has 0 bridgehead atoms. The summed E-state index contributed by atoms with van der Waals surface area (Å²) in [6.45, 7) is 9.87. The number of nitrogens with zero attached hydrogens (tertiary/aromatic N) is 1. The van der Waals surface area contributed by atoms with Gasteiger partial charge in [0, 0.05) is 50.1 Å². The first-order valence-corrected chi connectivity index (χ1v) is 11.3. The van der Waals surface area contributed by atoms with Crippen LogP contribution in [0.3, 0.4) is 0 Å². The molecule has 0 aromatic carbocycles. The largest absolute Gasteiger partial charge is 0.356 e. The second-order valence-electron chi connectivity index (χ2n) is 7.96. The van der Waals surface area contributed by atoms with Gasteiger partial charge in [0.15, 0.2) is 0 Å². The van der Waals surface area contributed by atoms with Gasteiger partial charge in [-0.2, -0.15) is 0 Å². The number of rotatable bonds is 10. The van der Waals surface area contributed by atoms with E-state index < -0.39 is 0 Å². The zero-order valence-corrected chi connectivity index (χ0v) is 19.2. The molecule has 0 aliphatic carbocycles. The molecule has 1 aliphatic rings. The minimum absolute atomic E-state index is 0.0212. The molecule has 0 saturated carbocycles. The van der Waals surface area contributed by atoms with Crippen LogP contribution in [-0.4, -0.2) is 64.3 Å². The Hall–Kier alpha value is -0.900. The highest BCUT2D eigenvalue weighted by Crippen LogP contribution is 2.32. The second-order valence-corrected chi connectivity index (χ2v) is 8.72. The van der Waals surface area contributed by atoms with Crippen LogP contribution >= 0.6 is 22.6 Å². The Bertz CT molecular complexity index is 503. The van der Waals surface area contributed by atoms with Crippen LogP contribution in [0.1, 0.15) is 59.8 Å². The molecule has 2 atom stereocenters. The van der Waals surface area contributed by atoms with Gasteiger partial charge < -0.3 is 16.0 Å². The van der Waals surface area contributed by atoms with Gasteiger partial charge in [0.05, 0.1) is 4.43 Å². The van der Waals surface area contributed by atoms with Crippen LogP contribution in [0.15, 0.2) is 0 Å². The van der Waals surface area contributed by atoms with Crippen LogP contribution in [0, 0.1) is 0 Å². The van der Waals surface area contributed by atoms with Crippen LogP contribution in [0.4, 0.5) is 0 Å². The van der Waals surface area contributed by atoms with Gasteiger partial charge in [0.25, 0.3) is 0 Å². The van der Waals surface area contributed by atoms with Crippen molar-refractivity contribution in [3.63, 3.8) is 0 Å². The molecule has 1 fully saturated rings. The molecule has 0 radical (unpaired) electrons. The number of nitrogens with one attached hydrogen (secondary N) is 3. The fourth-order valence-electron chi connectivity index (χ4n) is 4.02. The van der Waals surface area contributed by atoms with E-state index >= 15 is 0 Å². The van der Waals surface area contributed by atoms with Gasteiger partial charge in [-0.25, -0.2) is 0 Å². The number of carbonyl (C=O) groups excluding carboxylic acids is 3. The van der Waals surface area contributed by atoms with E-state index in [1.54, 1.807) is 0 Å². The first-order chi connectivity index (χ1) is 12.7. The van der Waals surface area contributed by atoms with Crippen molar-refractivity contribution >= 4 is 40.3 Å². The predicted molar refractivity (Wildman–Crippen MR) is 116 cm³/mol. The maximum Gasteiger partial charge on any atom is 0.229 e. The Labute approximate surface area is 176 Å². The molecule has 1 heterocycles. The van der Waals surface area contributed by atoms with E-state index in [1.165, 1.54) is 19.3 Å². The van der Waals surface area contributed by atoms with Crippen molar-refractivity contribution in [3.05, 3.63) is 0 Å². The Morgan fingerprint density at radius 2 is 1.44 bits per heavy atom. The van der Waals surface area contributed by atoms with Gasteiger partial charge in [0.2, 0.25) is 17.7 Å². The van der Waals surface area contributed by atoms with Gasteiger partial charge in [-0.15, -0.1) is 0 Å². The highest BCUT2D eigenvalue weighted by molar-refractivity contribution is 14.1. The highest BCUT2D eigenvalue weighted by Gasteiger charge is 2.37. The van der Waals surface area contributed by atoms with E-state index in [1.807, 2.05) is 22.6 Å². The van der Waals surface area contributed by atoms with Gasteiger partial charge in [-0.3, -0.25) is 19.3 Å². The van der Waals surface area contributed by atoms with Crippen LogP contribution < -0.4 is 16.0 Å². The molecule has 1 rings (SSSR count). The van der Waals surface area contributed by atoms with E-state index in [9.17, 15) is 14.4 Å². The smallest absolute Gasteiger partial charge is 0.229 e. The maximum atomic E-state index is 12.3. The van der Waals surface area contributed by atoms with Gasteiger partial charge in [-0.1, -0.05) is 29.0 Å². The summed E-state index contributed by atoms with van der Waals surface area (Å²) in [5.74, 6) is -0.194. The van der Waals surface area contributed by atoms with Crippen molar-refractivity contribution in [2.24, 2.45) is 0 Å². The number of alkyl halides is 1. The van der Waals surface area contributed by atoms with Crippen LogP contribution in [0.25, 0.3) is 0 Å². The van der Waals surface area contributed by atoms with Crippen molar-refractivity contribution in [1.29, 1.82) is 0 Å². The summed E-state index contributed by atoms with van der Waals surface area (Å²) in [5.41, 5.74) is -0.206. The number of halogens is 1. The molecular formula is C19H35IN4O3. The lowest BCUT2D eigenvalue weighted by Gasteiger charge is -2.49. The lowest BCUT2D eigenvalue weighted by atomic mass is 9.87. The average Bonchev–Trinajstić information content (AvgIpc) is 2.57. The Kier molecular flexibility index (Phi) is 10.6. The predicted octanol–water partition coefficient (Wildman–Crippen LogP) is 1.59. The summed E-state index contributed by atoms with van der Waals surface area (Å²) in [4.78, 5) is 37.7. The summed E-state index contributed by atoms with van der Waals surface area (Å²) >= 11 is 1.99. The second kappa shape index (κ2) is 11.8. The molecule has 7 nitrogen and oxygen atoms in total. The van der Waals surface area contributed by atoms with E-state index in [2.05, 4.69) is 48.5 Å². The Morgan fingerprint density at radius 3 is 2.00 bits per heavy atom. The molecule has 27 heavy (non-hydrogen) atoms. The number of piperidine rings is 1. The summed E-state index contributed by atoms with van der Waals surface area (Å²) < 4.78 is 0.406. The normalized spacial score (nSPS) is 20.8. The van der Waals surface area contributed by atoms with Crippen molar-refractivity contribution < 1.29 is 14.4 Å². The SMILES string of the molecule is CC1CCCC(C)N1C(C)(C)CC(=O)NCCC(=O)NCCNC(=O)CI. The van der Waals surface area contributed by atoms with E-state index in [0.29, 0.717) is 42.6 Å². The third kappa shape index (κ3) is 8.76. The van der Waals surface area contributed by atoms with Gasteiger partial charge in [0.1, 0.15) is 0 Å². The monoisotopic (exact) mass is 494 g/mol. The number of amides is 3. The van der Waals surface area contributed by atoms with Crippen molar-refractivity contribution in [2.75, 3.05) is 24.1 Å². The molecular weight excluding hydrogens is 459 g/mol. The fraction of sp³-hybridized carbons (Fsp3) is 0.842. The van der Waals surface area contributed by atoms with Gasteiger partial charge in [-0.05, 0) is 40.5 Å². The van der Waals surface area contributed by atoms with E-state index in [4.69, 9.17) is 0 Å². The van der Waals surface area contributed by atoms with Crippen molar-refractivity contribution in [3.8, 4) is 0 Å². The lowest BCUT2D eigenvalue weighted by molar-refractivity contribution is -0.125. The zero-order valence-electron chi connectivity index (χ0n) is 17.1. The third-order valence-electron chi connectivity index (χ3n) is 5.05. The Morgan fingerprint density at radius 1 is 0.926 bits per heavy atom. The van der Waals surface area contributed by atoms with Crippen LogP contribution in [-0.2, 0) is 14.4 Å². The van der Waals surface area contributed by atoms with Crippen LogP contribution in [0.2, 0.25) is 0 Å². The first-order valence-electron chi connectivity index (χ1n) is 9.82. The zero-order chi connectivity index (χ0) is 20.4. The molecule has 3 N–H and O–H groups in total. The molecule has 0 spiro atoms. The van der Waals surface area contributed by atoms with Crippen LogP contribution in [0.5, 0.6) is 0 Å². The molecule has 156 valence electrons. The molecule has 0 aromatic heterocycles. The lowest BCUT2D eigenvalue weighted by Crippen LogP contribution is -2.56. The Balaban J connectivity index is 2.27. The topological polar surface area (TPSA) is 90.5 Å². The van der Waals surface area contributed by atoms with E-state index in [0.717, 1.165) is 0 Å². The summed E-state index contributed by atoms with van der Waals surface area (Å²) in [7, 11) is 0. The molecule has 3 amide bonds. The number of carbonyl (C=O) groups is 3. The minimum Gasteiger partial charge on any atom is -0.356 e. The number of hydrogen-bond acceptors (Lipinski definition) is 4. The summed E-state index contributed by atoms with van der Waals surface area (Å²) in [6.07, 6.45) is 4.26. The maximum absolute atomic E-state index is 12.3. The fourth-order valence-corrected chi connectivity index (χ4v) is 4.29. The first kappa shape index (κ1) is 24.1. The van der Waals surface area contributed by atoms with Gasteiger partial charge >= 0.3 is 0 Å².